The molecular formula is C18H18N4O2S. The van der Waals surface area contributed by atoms with Crippen molar-refractivity contribution in [2.75, 3.05) is 0 Å². The average molecular weight is 354 g/mol. The van der Waals surface area contributed by atoms with Gasteiger partial charge in [0.25, 0.3) is 5.91 Å². The lowest BCUT2D eigenvalue weighted by atomic mass is 10.3. The second kappa shape index (κ2) is 7.85. The summed E-state index contributed by atoms with van der Waals surface area (Å²) < 4.78 is 5.67. The number of carbonyl (C=O) groups excluding carboxylic acids is 1. The topological polar surface area (TPSA) is 77.0 Å². The number of thiazole rings is 1. The largest absolute Gasteiger partial charge is 0.485 e. The molecule has 0 aliphatic carbocycles. The molecule has 1 amide bonds. The Morgan fingerprint density at radius 1 is 1.24 bits per heavy atom. The number of nitrogens with zero attached hydrogens (tertiary/aromatic N) is 3. The maximum absolute atomic E-state index is 12.4. The van der Waals surface area contributed by atoms with Crippen LogP contribution in [-0.2, 0) is 13.2 Å². The van der Waals surface area contributed by atoms with Crippen LogP contribution in [0, 0.1) is 13.8 Å². The number of carbonyl (C=O) groups is 1. The zero-order valence-corrected chi connectivity index (χ0v) is 14.8. The van der Waals surface area contributed by atoms with Crippen LogP contribution in [0.1, 0.15) is 31.6 Å². The van der Waals surface area contributed by atoms with Gasteiger partial charge in [-0.1, -0.05) is 6.07 Å². The van der Waals surface area contributed by atoms with Crippen molar-refractivity contribution < 1.29 is 9.53 Å². The van der Waals surface area contributed by atoms with Gasteiger partial charge < -0.3 is 10.1 Å². The lowest BCUT2D eigenvalue weighted by molar-refractivity contribution is 0.0954. The molecule has 0 aliphatic heterocycles. The summed E-state index contributed by atoms with van der Waals surface area (Å²) in [7, 11) is 0. The first kappa shape index (κ1) is 17.0. The van der Waals surface area contributed by atoms with Crippen LogP contribution in [0.4, 0.5) is 0 Å². The Balaban J connectivity index is 1.59. The highest BCUT2D eigenvalue weighted by molar-refractivity contribution is 7.13. The summed E-state index contributed by atoms with van der Waals surface area (Å²) >= 11 is 1.34. The van der Waals surface area contributed by atoms with Crippen LogP contribution in [0.25, 0.3) is 0 Å². The second-order valence-corrected chi connectivity index (χ2v) is 6.57. The minimum absolute atomic E-state index is 0.137. The van der Waals surface area contributed by atoms with Crippen molar-refractivity contribution in [2.45, 2.75) is 27.0 Å². The van der Waals surface area contributed by atoms with Gasteiger partial charge in [-0.25, -0.2) is 4.98 Å². The third-order valence-corrected chi connectivity index (χ3v) is 4.60. The van der Waals surface area contributed by atoms with Gasteiger partial charge in [-0.2, -0.15) is 0 Å². The number of ether oxygens (including phenoxy) is 1. The second-order valence-electron chi connectivity index (χ2n) is 5.49. The molecule has 128 valence electrons. The van der Waals surface area contributed by atoms with Crippen LogP contribution in [0.2, 0.25) is 0 Å². The Kier molecular flexibility index (Phi) is 5.35. The SMILES string of the molecule is Cc1ccc(OCc2nc(C)c(C(=O)NCc3cccnc3)s2)cn1. The summed E-state index contributed by atoms with van der Waals surface area (Å²) in [6, 6.07) is 7.51. The third-order valence-electron chi connectivity index (χ3n) is 3.47. The van der Waals surface area contributed by atoms with Gasteiger partial charge in [0.15, 0.2) is 0 Å². The van der Waals surface area contributed by atoms with Crippen LogP contribution in [0.3, 0.4) is 0 Å². The van der Waals surface area contributed by atoms with Crippen molar-refractivity contribution in [1.82, 2.24) is 20.3 Å². The molecule has 0 saturated heterocycles. The molecule has 3 aromatic heterocycles. The van der Waals surface area contributed by atoms with Gasteiger partial charge >= 0.3 is 0 Å². The van der Waals surface area contributed by atoms with E-state index in [1.807, 2.05) is 38.1 Å². The fourth-order valence-electron chi connectivity index (χ4n) is 2.17. The van der Waals surface area contributed by atoms with Gasteiger partial charge in [0, 0.05) is 24.6 Å². The maximum atomic E-state index is 12.4. The van der Waals surface area contributed by atoms with E-state index in [0.717, 1.165) is 16.3 Å². The Hall–Kier alpha value is -2.80. The molecule has 0 fully saturated rings. The molecule has 3 aromatic rings. The third kappa shape index (κ3) is 4.60. The fourth-order valence-corrected chi connectivity index (χ4v) is 3.07. The summed E-state index contributed by atoms with van der Waals surface area (Å²) in [5.74, 6) is 0.545. The quantitative estimate of drug-likeness (QED) is 0.736. The van der Waals surface area contributed by atoms with Crippen molar-refractivity contribution in [1.29, 1.82) is 0 Å². The first-order chi connectivity index (χ1) is 12.1. The molecule has 0 radical (unpaired) electrons. The number of rotatable bonds is 6. The van der Waals surface area contributed by atoms with E-state index in [0.29, 0.717) is 29.5 Å². The Labute approximate surface area is 149 Å². The van der Waals surface area contributed by atoms with Crippen LogP contribution < -0.4 is 10.1 Å². The van der Waals surface area contributed by atoms with Crippen molar-refractivity contribution in [3.05, 3.63) is 69.7 Å². The van der Waals surface area contributed by atoms with Gasteiger partial charge in [-0.15, -0.1) is 11.3 Å². The standard InChI is InChI=1S/C18H18N4O2S/c1-12-5-6-15(10-20-12)24-11-16-22-13(2)17(25-16)18(23)21-9-14-4-3-7-19-8-14/h3-8,10H,9,11H2,1-2H3,(H,21,23). The molecule has 6 nitrogen and oxygen atoms in total. The number of pyridine rings is 2. The van der Waals surface area contributed by atoms with Crippen molar-refractivity contribution in [3.63, 3.8) is 0 Å². The van der Waals surface area contributed by atoms with E-state index in [2.05, 4.69) is 20.3 Å². The van der Waals surface area contributed by atoms with Gasteiger partial charge in [-0.3, -0.25) is 14.8 Å². The molecule has 1 N–H and O–H groups in total. The zero-order valence-electron chi connectivity index (χ0n) is 14.0. The highest BCUT2D eigenvalue weighted by atomic mass is 32.1. The predicted molar refractivity (Wildman–Crippen MR) is 95.6 cm³/mol. The van der Waals surface area contributed by atoms with Crippen LogP contribution >= 0.6 is 11.3 Å². The zero-order chi connectivity index (χ0) is 17.6. The number of amides is 1. The van der Waals surface area contributed by atoms with E-state index in [-0.39, 0.29) is 5.91 Å². The van der Waals surface area contributed by atoms with Crippen LogP contribution in [-0.4, -0.2) is 20.9 Å². The molecule has 0 saturated carbocycles. The first-order valence-corrected chi connectivity index (χ1v) is 8.62. The number of hydrogen-bond donors (Lipinski definition) is 1. The maximum Gasteiger partial charge on any atom is 0.263 e. The summed E-state index contributed by atoms with van der Waals surface area (Å²) in [6.07, 6.45) is 5.11. The van der Waals surface area contributed by atoms with Crippen molar-refractivity contribution in [3.8, 4) is 5.75 Å². The molecule has 0 spiro atoms. The highest BCUT2D eigenvalue weighted by Gasteiger charge is 2.15. The number of aromatic nitrogens is 3. The molecule has 0 unspecified atom stereocenters. The van der Waals surface area contributed by atoms with Gasteiger partial charge in [0.2, 0.25) is 0 Å². The molecule has 7 heteroatoms. The minimum atomic E-state index is -0.137. The number of nitrogens with one attached hydrogen (secondary N) is 1. The van der Waals surface area contributed by atoms with Crippen LogP contribution in [0.5, 0.6) is 5.75 Å². The lowest BCUT2D eigenvalue weighted by Gasteiger charge is -2.04. The predicted octanol–water partition coefficient (Wildman–Crippen LogP) is 3.06. The smallest absolute Gasteiger partial charge is 0.263 e. The normalized spacial score (nSPS) is 10.5. The highest BCUT2D eigenvalue weighted by Crippen LogP contribution is 2.20. The Bertz CT molecular complexity index is 847. The van der Waals surface area contributed by atoms with E-state index in [1.54, 1.807) is 18.6 Å². The lowest BCUT2D eigenvalue weighted by Crippen LogP contribution is -2.22. The molecule has 0 aromatic carbocycles. The number of hydrogen-bond acceptors (Lipinski definition) is 6. The van der Waals surface area contributed by atoms with E-state index in [1.165, 1.54) is 11.3 Å². The van der Waals surface area contributed by atoms with E-state index in [4.69, 9.17) is 4.74 Å². The van der Waals surface area contributed by atoms with Crippen molar-refractivity contribution in [2.24, 2.45) is 0 Å². The molecule has 3 heterocycles. The van der Waals surface area contributed by atoms with Gasteiger partial charge in [-0.05, 0) is 37.6 Å². The van der Waals surface area contributed by atoms with Gasteiger partial charge in [0.1, 0.15) is 22.2 Å². The van der Waals surface area contributed by atoms with Gasteiger partial charge in [0.05, 0.1) is 11.9 Å². The van der Waals surface area contributed by atoms with E-state index < -0.39 is 0 Å². The Morgan fingerprint density at radius 2 is 2.12 bits per heavy atom. The molecule has 0 atom stereocenters. The molecule has 25 heavy (non-hydrogen) atoms. The fraction of sp³-hybridized carbons (Fsp3) is 0.222. The molecule has 0 bridgehead atoms. The summed E-state index contributed by atoms with van der Waals surface area (Å²) in [4.78, 5) is 25.6. The van der Waals surface area contributed by atoms with Crippen LogP contribution in [0.15, 0.2) is 42.9 Å². The summed E-state index contributed by atoms with van der Waals surface area (Å²) in [5, 5.41) is 3.64. The molecule has 0 aliphatic rings. The summed E-state index contributed by atoms with van der Waals surface area (Å²) in [6.45, 7) is 4.49. The Morgan fingerprint density at radius 3 is 2.84 bits per heavy atom. The monoisotopic (exact) mass is 354 g/mol. The molecular weight excluding hydrogens is 336 g/mol. The van der Waals surface area contributed by atoms with Crippen molar-refractivity contribution >= 4 is 17.2 Å². The first-order valence-electron chi connectivity index (χ1n) is 7.80. The summed E-state index contributed by atoms with van der Waals surface area (Å²) in [5.41, 5.74) is 2.59. The van der Waals surface area contributed by atoms with E-state index >= 15 is 0 Å². The molecule has 3 rings (SSSR count). The average Bonchev–Trinajstić information content (AvgIpc) is 3.01. The van der Waals surface area contributed by atoms with E-state index in [9.17, 15) is 4.79 Å². The minimum Gasteiger partial charge on any atom is -0.485 e. The number of aryl methyl sites for hydroxylation is 2.